The highest BCUT2D eigenvalue weighted by molar-refractivity contribution is 8.03. The molecule has 9 heteroatoms. The lowest BCUT2D eigenvalue weighted by molar-refractivity contribution is -0.119. The maximum Gasteiger partial charge on any atom is 0.248 e. The normalized spacial score (nSPS) is 10.8. The highest BCUT2D eigenvalue weighted by Gasteiger charge is 2.10. The van der Waals surface area contributed by atoms with Crippen LogP contribution in [0, 0.1) is 0 Å². The van der Waals surface area contributed by atoms with E-state index < -0.39 is 0 Å². The van der Waals surface area contributed by atoms with E-state index in [0.29, 0.717) is 5.70 Å². The van der Waals surface area contributed by atoms with Crippen LogP contribution in [0.4, 0.5) is 0 Å². The molecule has 4 aromatic rings. The summed E-state index contributed by atoms with van der Waals surface area (Å²) in [6.07, 6.45) is 0. The first-order valence-electron chi connectivity index (χ1n) is 9.67. The van der Waals surface area contributed by atoms with Gasteiger partial charge in [0.15, 0.2) is 8.68 Å². The molecule has 0 spiro atoms. The molecule has 0 saturated carbocycles. The number of phenolic OH excluding ortho intramolecular Hbond substituents is 1. The summed E-state index contributed by atoms with van der Waals surface area (Å²) in [5, 5.41) is 20.2. The van der Waals surface area contributed by atoms with E-state index in [1.165, 1.54) is 39.4 Å². The zero-order valence-corrected chi connectivity index (χ0v) is 19.4. The van der Waals surface area contributed by atoms with E-state index in [1.807, 2.05) is 6.07 Å². The molecule has 0 aliphatic rings. The molecule has 0 aliphatic carbocycles. The van der Waals surface area contributed by atoms with Gasteiger partial charge in [-0.05, 0) is 46.2 Å². The number of carbonyl (C=O) groups is 1. The molecule has 3 N–H and O–H groups in total. The number of aromatic hydroxyl groups is 1. The molecule has 1 aromatic heterocycles. The molecule has 0 unspecified atom stereocenters. The highest BCUT2D eigenvalue weighted by Crippen LogP contribution is 2.32. The number of thioether (sulfide) groups is 2. The third-order valence-electron chi connectivity index (χ3n) is 4.51. The van der Waals surface area contributed by atoms with Crippen LogP contribution in [0.15, 0.2) is 82.0 Å². The van der Waals surface area contributed by atoms with Gasteiger partial charge >= 0.3 is 0 Å². The van der Waals surface area contributed by atoms with Crippen LogP contribution < -0.4 is 10.9 Å². The van der Waals surface area contributed by atoms with E-state index in [0.717, 1.165) is 20.0 Å². The van der Waals surface area contributed by atoms with E-state index in [-0.39, 0.29) is 17.4 Å². The standard InChI is InChI=1S/C23H20N4O2S3/c1-15(16-9-11-19(28)12-10-16)24-25-21(29)14-31-23-27-26-22(32-23)30-13-18-7-4-6-17-5-2-3-8-20(17)18/h2-12,24,28H,1,13-14H2,(H,25,29). The van der Waals surface area contributed by atoms with Crippen LogP contribution in [-0.2, 0) is 10.5 Å². The van der Waals surface area contributed by atoms with Gasteiger partial charge in [0.2, 0.25) is 5.91 Å². The molecule has 0 saturated heterocycles. The van der Waals surface area contributed by atoms with Crippen molar-refractivity contribution < 1.29 is 9.90 Å². The first-order valence-corrected chi connectivity index (χ1v) is 12.5. The van der Waals surface area contributed by atoms with Crippen molar-refractivity contribution >= 4 is 57.2 Å². The summed E-state index contributed by atoms with van der Waals surface area (Å²) < 4.78 is 1.62. The molecular formula is C23H20N4O2S3. The molecule has 6 nitrogen and oxygen atoms in total. The second kappa shape index (κ2) is 10.5. The molecule has 0 aliphatic heterocycles. The molecule has 1 heterocycles. The summed E-state index contributed by atoms with van der Waals surface area (Å²) in [5.41, 5.74) is 7.97. The number of carbonyl (C=O) groups excluding carboxylic acids is 1. The maximum atomic E-state index is 12.1. The zero-order valence-electron chi connectivity index (χ0n) is 16.9. The first-order chi connectivity index (χ1) is 15.6. The number of rotatable bonds is 9. The second-order valence-corrected chi connectivity index (χ2v) is 10.2. The average molecular weight is 481 g/mol. The first kappa shape index (κ1) is 22.2. The van der Waals surface area contributed by atoms with Gasteiger partial charge in [0.05, 0.1) is 11.4 Å². The summed E-state index contributed by atoms with van der Waals surface area (Å²) in [6, 6.07) is 21.2. The Kier molecular flexibility index (Phi) is 7.31. The van der Waals surface area contributed by atoms with Crippen LogP contribution in [0.3, 0.4) is 0 Å². The predicted molar refractivity (Wildman–Crippen MR) is 133 cm³/mol. The molecular weight excluding hydrogens is 460 g/mol. The fourth-order valence-electron chi connectivity index (χ4n) is 2.91. The van der Waals surface area contributed by atoms with Gasteiger partial charge in [-0.2, -0.15) is 0 Å². The number of aromatic nitrogens is 2. The van der Waals surface area contributed by atoms with Gasteiger partial charge in [-0.25, -0.2) is 0 Å². The van der Waals surface area contributed by atoms with E-state index in [9.17, 15) is 9.90 Å². The second-order valence-electron chi connectivity index (χ2n) is 6.75. The van der Waals surface area contributed by atoms with Gasteiger partial charge < -0.3 is 5.11 Å². The lowest BCUT2D eigenvalue weighted by atomic mass is 10.1. The van der Waals surface area contributed by atoms with Crippen molar-refractivity contribution in [2.24, 2.45) is 0 Å². The predicted octanol–water partition coefficient (Wildman–Crippen LogP) is 5.07. The Morgan fingerprint density at radius 3 is 2.47 bits per heavy atom. The molecule has 4 rings (SSSR count). The van der Waals surface area contributed by atoms with Crippen molar-refractivity contribution in [2.75, 3.05) is 5.75 Å². The smallest absolute Gasteiger partial charge is 0.248 e. The fourth-order valence-corrected chi connectivity index (χ4v) is 5.74. The van der Waals surface area contributed by atoms with E-state index >= 15 is 0 Å². The van der Waals surface area contributed by atoms with Gasteiger partial charge in [-0.3, -0.25) is 15.6 Å². The Balaban J connectivity index is 1.24. The molecule has 1 amide bonds. The van der Waals surface area contributed by atoms with Gasteiger partial charge in [-0.15, -0.1) is 10.2 Å². The number of benzene rings is 3. The maximum absolute atomic E-state index is 12.1. The van der Waals surface area contributed by atoms with Crippen molar-refractivity contribution in [2.45, 2.75) is 14.4 Å². The zero-order chi connectivity index (χ0) is 22.3. The SMILES string of the molecule is C=C(NNC(=O)CSc1nnc(SCc2cccc3ccccc23)s1)c1ccc(O)cc1. The van der Waals surface area contributed by atoms with Crippen LogP contribution in [0.2, 0.25) is 0 Å². The quantitative estimate of drug-likeness (QED) is 0.228. The van der Waals surface area contributed by atoms with Crippen molar-refractivity contribution in [3.05, 3.63) is 84.4 Å². The number of nitrogens with zero attached hydrogens (tertiary/aromatic N) is 2. The summed E-state index contributed by atoms with van der Waals surface area (Å²) in [5.74, 6) is 0.993. The average Bonchev–Trinajstić information content (AvgIpc) is 3.28. The number of hydrogen-bond acceptors (Lipinski definition) is 8. The Hall–Kier alpha value is -3.01. The number of nitrogens with one attached hydrogen (secondary N) is 2. The van der Waals surface area contributed by atoms with Gasteiger partial charge in [0, 0.05) is 5.75 Å². The molecule has 3 aromatic carbocycles. The molecule has 0 bridgehead atoms. The number of phenols is 1. The number of hydrogen-bond donors (Lipinski definition) is 3. The van der Waals surface area contributed by atoms with E-state index in [1.54, 1.807) is 36.0 Å². The largest absolute Gasteiger partial charge is 0.508 e. The van der Waals surface area contributed by atoms with Crippen molar-refractivity contribution in [1.82, 2.24) is 21.0 Å². The third-order valence-corrected chi connectivity index (χ3v) is 7.75. The number of fused-ring (bicyclic) bond motifs is 1. The molecule has 162 valence electrons. The minimum atomic E-state index is -0.199. The molecule has 0 radical (unpaired) electrons. The van der Waals surface area contributed by atoms with Crippen LogP contribution in [0.25, 0.3) is 16.5 Å². The lowest BCUT2D eigenvalue weighted by Crippen LogP contribution is -2.37. The van der Waals surface area contributed by atoms with Crippen LogP contribution in [0.5, 0.6) is 5.75 Å². The van der Waals surface area contributed by atoms with E-state index in [2.05, 4.69) is 64.0 Å². The topological polar surface area (TPSA) is 87.1 Å². The summed E-state index contributed by atoms with van der Waals surface area (Å²) >= 11 is 4.47. The third kappa shape index (κ3) is 5.82. The number of amides is 1. The summed E-state index contributed by atoms with van der Waals surface area (Å²) in [6.45, 7) is 3.88. The van der Waals surface area contributed by atoms with Crippen LogP contribution in [0.1, 0.15) is 11.1 Å². The Bertz CT molecular complexity index is 1240. The van der Waals surface area contributed by atoms with Crippen LogP contribution >= 0.6 is 34.9 Å². The Labute approximate surface area is 198 Å². The minimum Gasteiger partial charge on any atom is -0.508 e. The molecule has 0 atom stereocenters. The van der Waals surface area contributed by atoms with Gasteiger partial charge in [0.1, 0.15) is 5.75 Å². The summed E-state index contributed by atoms with van der Waals surface area (Å²) in [4.78, 5) is 12.1. The number of hydrazine groups is 1. The lowest BCUT2D eigenvalue weighted by Gasteiger charge is -2.10. The highest BCUT2D eigenvalue weighted by atomic mass is 32.2. The van der Waals surface area contributed by atoms with Crippen LogP contribution in [-0.4, -0.2) is 27.0 Å². The van der Waals surface area contributed by atoms with Crippen molar-refractivity contribution in [3.8, 4) is 5.75 Å². The molecule has 0 fully saturated rings. The molecule has 32 heavy (non-hydrogen) atoms. The Morgan fingerprint density at radius 2 is 1.66 bits per heavy atom. The van der Waals surface area contributed by atoms with Gasteiger partial charge in [0.25, 0.3) is 0 Å². The van der Waals surface area contributed by atoms with Crippen molar-refractivity contribution in [3.63, 3.8) is 0 Å². The summed E-state index contributed by atoms with van der Waals surface area (Å²) in [7, 11) is 0. The monoisotopic (exact) mass is 480 g/mol. The fraction of sp³-hybridized carbons (Fsp3) is 0.0870. The van der Waals surface area contributed by atoms with Gasteiger partial charge in [-0.1, -0.05) is 83.9 Å². The minimum absolute atomic E-state index is 0.175. The van der Waals surface area contributed by atoms with Crippen molar-refractivity contribution in [1.29, 1.82) is 0 Å². The Morgan fingerprint density at radius 1 is 0.938 bits per heavy atom. The van der Waals surface area contributed by atoms with E-state index in [4.69, 9.17) is 0 Å².